The molecule has 1 aliphatic rings. The highest BCUT2D eigenvalue weighted by atomic mass is 127. The van der Waals surface area contributed by atoms with E-state index in [0.29, 0.717) is 25.1 Å². The predicted molar refractivity (Wildman–Crippen MR) is 104 cm³/mol. The Morgan fingerprint density at radius 3 is 2.37 bits per heavy atom. The normalized spacial score (nSPS) is 33.4. The number of hydrogen-bond donors (Lipinski definition) is 0. The van der Waals surface area contributed by atoms with Gasteiger partial charge >= 0.3 is 0 Å². The molecule has 0 radical (unpaired) electrons. The molecular formula is C17H26I2. The third-order valence-electron chi connectivity index (χ3n) is 4.75. The summed E-state index contributed by atoms with van der Waals surface area (Å²) in [5.41, 5.74) is 2.97. The van der Waals surface area contributed by atoms with Crippen LogP contribution < -0.4 is 0 Å². The number of allylic oxidation sites excluding steroid dienone is 4. The molecular weight excluding hydrogens is 458 g/mol. The van der Waals surface area contributed by atoms with Gasteiger partial charge in [0.1, 0.15) is 0 Å². The van der Waals surface area contributed by atoms with Crippen molar-refractivity contribution in [3.05, 3.63) is 36.5 Å². The zero-order valence-corrected chi connectivity index (χ0v) is 16.9. The van der Waals surface area contributed by atoms with Crippen molar-refractivity contribution in [2.45, 2.75) is 42.0 Å². The maximum atomic E-state index is 4.41. The lowest BCUT2D eigenvalue weighted by Gasteiger charge is -2.45. The first-order chi connectivity index (χ1) is 8.73. The summed E-state index contributed by atoms with van der Waals surface area (Å²) in [7, 11) is 0. The van der Waals surface area contributed by atoms with Crippen molar-refractivity contribution in [1.29, 1.82) is 0 Å². The Morgan fingerprint density at radius 2 is 1.95 bits per heavy atom. The van der Waals surface area contributed by atoms with Crippen LogP contribution in [0.3, 0.4) is 0 Å². The molecule has 0 aliphatic heterocycles. The third-order valence-corrected chi connectivity index (χ3v) is 6.35. The minimum absolute atomic E-state index is 0.295. The van der Waals surface area contributed by atoms with Crippen LogP contribution >= 0.6 is 45.2 Å². The molecule has 1 unspecified atom stereocenters. The van der Waals surface area contributed by atoms with Crippen LogP contribution in [0, 0.1) is 23.7 Å². The molecule has 2 heteroatoms. The minimum atomic E-state index is 0.295. The number of hydrogen-bond acceptors (Lipinski definition) is 0. The van der Waals surface area contributed by atoms with Gasteiger partial charge in [-0.15, -0.1) is 0 Å². The van der Waals surface area contributed by atoms with E-state index in [4.69, 9.17) is 0 Å². The van der Waals surface area contributed by atoms with Crippen LogP contribution in [-0.4, -0.2) is 1.43 Å². The van der Waals surface area contributed by atoms with Crippen LogP contribution in [-0.2, 0) is 0 Å². The second-order valence-electron chi connectivity index (χ2n) is 5.89. The van der Waals surface area contributed by atoms with Gasteiger partial charge in [-0.05, 0) is 43.4 Å². The monoisotopic (exact) mass is 484 g/mol. The van der Waals surface area contributed by atoms with E-state index >= 15 is 0 Å². The fourth-order valence-electron chi connectivity index (χ4n) is 3.39. The van der Waals surface area contributed by atoms with E-state index in [1.807, 2.05) is 6.08 Å². The summed E-state index contributed by atoms with van der Waals surface area (Å²) in [6.07, 6.45) is 6.56. The highest BCUT2D eigenvalue weighted by molar-refractivity contribution is 14.2. The first-order valence-corrected chi connectivity index (χ1v) is 9.27. The average molecular weight is 484 g/mol. The van der Waals surface area contributed by atoms with Crippen LogP contribution in [0.5, 0.6) is 0 Å². The lowest BCUT2D eigenvalue weighted by Crippen LogP contribution is -2.38. The fraction of sp³-hybridized carbons (Fsp3) is 0.647. The number of rotatable bonds is 4. The molecule has 1 rings (SSSR count). The molecule has 1 saturated carbocycles. The van der Waals surface area contributed by atoms with Gasteiger partial charge in [-0.25, -0.2) is 0 Å². The van der Waals surface area contributed by atoms with Crippen LogP contribution in [0.25, 0.3) is 0 Å². The molecule has 0 aromatic carbocycles. The second kappa shape index (κ2) is 7.10. The first kappa shape index (κ1) is 17.7. The molecule has 19 heavy (non-hydrogen) atoms. The van der Waals surface area contributed by atoms with Crippen molar-refractivity contribution in [2.75, 3.05) is 0 Å². The van der Waals surface area contributed by atoms with Crippen molar-refractivity contribution in [1.82, 2.24) is 0 Å². The number of halogens is 2. The topological polar surface area (TPSA) is 0 Å². The Hall–Kier alpha value is 0.680. The van der Waals surface area contributed by atoms with E-state index < -0.39 is 0 Å². The molecule has 0 spiro atoms. The predicted octanol–water partition coefficient (Wildman–Crippen LogP) is 6.56. The minimum Gasteiger partial charge on any atom is -0.0993 e. The highest BCUT2D eigenvalue weighted by Crippen LogP contribution is 2.52. The summed E-state index contributed by atoms with van der Waals surface area (Å²) >= 11 is 5.20. The van der Waals surface area contributed by atoms with Crippen molar-refractivity contribution >= 4 is 45.2 Å². The van der Waals surface area contributed by atoms with Crippen LogP contribution in [0.4, 0.5) is 0 Å². The third kappa shape index (κ3) is 4.08. The Balaban J connectivity index is 3.10. The zero-order valence-electron chi connectivity index (χ0n) is 12.5. The van der Waals surface area contributed by atoms with Crippen LogP contribution in [0.15, 0.2) is 36.5 Å². The van der Waals surface area contributed by atoms with Crippen molar-refractivity contribution in [3.8, 4) is 0 Å². The van der Waals surface area contributed by atoms with E-state index in [1.54, 1.807) is 0 Å². The first-order valence-electron chi connectivity index (χ1n) is 7.11. The van der Waals surface area contributed by atoms with Gasteiger partial charge in [0, 0.05) is 0 Å². The van der Waals surface area contributed by atoms with Gasteiger partial charge in [0.05, 0.1) is 1.43 Å². The Labute approximate surface area is 146 Å². The molecule has 1 aliphatic carbocycles. The van der Waals surface area contributed by atoms with E-state index in [0.717, 1.165) is 6.42 Å². The quantitative estimate of drug-likeness (QED) is 0.184. The fourth-order valence-corrected chi connectivity index (χ4v) is 4.97. The van der Waals surface area contributed by atoms with Crippen LogP contribution in [0.1, 0.15) is 40.5 Å². The summed E-state index contributed by atoms with van der Waals surface area (Å²) in [6.45, 7) is 17.6. The smallest absolute Gasteiger partial charge is 0.0740 e. The lowest BCUT2D eigenvalue weighted by atomic mass is 9.63. The van der Waals surface area contributed by atoms with Gasteiger partial charge in [0.25, 0.3) is 0 Å². The second-order valence-corrected chi connectivity index (χ2v) is 12.4. The van der Waals surface area contributed by atoms with Crippen molar-refractivity contribution in [2.24, 2.45) is 23.7 Å². The largest absolute Gasteiger partial charge is 0.0993 e. The maximum absolute atomic E-state index is 4.41. The average Bonchev–Trinajstić information content (AvgIpc) is 2.32. The SMILES string of the molecule is C=C/C=C(\CC)[C@H]1C[C@@H](C(C)(I)I)C(C)C(=C)[C@H]1C. The molecule has 0 nitrogen and oxygen atoms in total. The summed E-state index contributed by atoms with van der Waals surface area (Å²) < 4.78 is 0.295. The Kier molecular flexibility index (Phi) is 6.62. The molecule has 0 N–H and O–H groups in total. The van der Waals surface area contributed by atoms with Gasteiger partial charge in [-0.2, -0.15) is 0 Å². The highest BCUT2D eigenvalue weighted by Gasteiger charge is 2.43. The molecule has 108 valence electrons. The van der Waals surface area contributed by atoms with Gasteiger partial charge < -0.3 is 0 Å². The summed E-state index contributed by atoms with van der Waals surface area (Å²) in [5.74, 6) is 2.54. The molecule has 0 saturated heterocycles. The molecule has 1 fully saturated rings. The van der Waals surface area contributed by atoms with Gasteiger partial charge in [-0.1, -0.05) is 102 Å². The Bertz CT molecular complexity index is 373. The van der Waals surface area contributed by atoms with E-state index in [-0.39, 0.29) is 0 Å². The maximum Gasteiger partial charge on any atom is 0.0740 e. The molecule has 0 amide bonds. The Morgan fingerprint density at radius 1 is 1.37 bits per heavy atom. The van der Waals surface area contributed by atoms with E-state index in [2.05, 4.69) is 92.1 Å². The summed E-state index contributed by atoms with van der Waals surface area (Å²) in [5, 5.41) is 0. The van der Waals surface area contributed by atoms with Crippen molar-refractivity contribution < 1.29 is 0 Å². The molecule has 0 heterocycles. The molecule has 0 aromatic heterocycles. The summed E-state index contributed by atoms with van der Waals surface area (Å²) in [4.78, 5) is 0. The number of alkyl halides is 2. The molecule has 0 aromatic rings. The lowest BCUT2D eigenvalue weighted by molar-refractivity contribution is 0.222. The van der Waals surface area contributed by atoms with Gasteiger partial charge in [0.2, 0.25) is 0 Å². The summed E-state index contributed by atoms with van der Waals surface area (Å²) in [6, 6.07) is 0. The zero-order chi connectivity index (χ0) is 14.8. The molecule has 0 bridgehead atoms. The molecule has 4 atom stereocenters. The van der Waals surface area contributed by atoms with Crippen molar-refractivity contribution in [3.63, 3.8) is 0 Å². The van der Waals surface area contributed by atoms with E-state index in [1.165, 1.54) is 17.6 Å². The van der Waals surface area contributed by atoms with E-state index in [9.17, 15) is 0 Å². The van der Waals surface area contributed by atoms with Gasteiger partial charge in [0.15, 0.2) is 0 Å². The van der Waals surface area contributed by atoms with Crippen LogP contribution in [0.2, 0.25) is 0 Å². The van der Waals surface area contributed by atoms with Gasteiger partial charge in [-0.3, -0.25) is 0 Å². The standard InChI is InChI=1S/C17H26I2/c1-7-9-14(8-2)15-10-16(17(6,18)19)13(5)11(3)12(15)4/h7,9,12-13,15-16H,1,3,8,10H2,2,4-6H3/b14-9+/t12-,13?,15+,16-/m1/s1.